The molecule has 1 heterocycles. The summed E-state index contributed by atoms with van der Waals surface area (Å²) in [5.74, 6) is 0. The van der Waals surface area contributed by atoms with E-state index in [1.165, 1.54) is 5.56 Å². The largest absolute Gasteiger partial charge is 0.382 e. The van der Waals surface area contributed by atoms with Crippen molar-refractivity contribution in [2.45, 2.75) is 39.3 Å². The maximum absolute atomic E-state index is 5.33. The van der Waals surface area contributed by atoms with E-state index in [0.717, 1.165) is 32.6 Å². The maximum Gasteiger partial charge on any atom is 0.0482 e. The van der Waals surface area contributed by atoms with Crippen LogP contribution in [0.25, 0.3) is 0 Å². The Bertz CT molecular complexity index is 279. The quantitative estimate of drug-likeness (QED) is 0.687. The van der Waals surface area contributed by atoms with Crippen molar-refractivity contribution in [3.05, 3.63) is 24.0 Å². The second kappa shape index (κ2) is 7.47. The van der Waals surface area contributed by atoms with Crippen molar-refractivity contribution in [2.24, 2.45) is 0 Å². The average Bonchev–Trinajstić information content (AvgIpc) is 2.75. The van der Waals surface area contributed by atoms with Crippen molar-refractivity contribution in [1.82, 2.24) is 9.88 Å². The van der Waals surface area contributed by atoms with Gasteiger partial charge in [0.1, 0.15) is 0 Å². The lowest BCUT2D eigenvalue weighted by Gasteiger charge is -2.11. The summed E-state index contributed by atoms with van der Waals surface area (Å²) >= 11 is 0. The summed E-state index contributed by atoms with van der Waals surface area (Å²) in [7, 11) is 2.01. The number of aryl methyl sites for hydroxylation is 1. The van der Waals surface area contributed by atoms with E-state index in [9.17, 15) is 0 Å². The molecule has 3 nitrogen and oxygen atoms in total. The summed E-state index contributed by atoms with van der Waals surface area (Å²) in [5, 5.41) is 3.32. The molecule has 1 aromatic rings. The first kappa shape index (κ1) is 13.3. The molecule has 1 unspecified atom stereocenters. The van der Waals surface area contributed by atoms with Crippen LogP contribution in [-0.2, 0) is 11.3 Å². The molecular formula is C13H24N2O. The van der Waals surface area contributed by atoms with Crippen molar-refractivity contribution in [3.8, 4) is 0 Å². The molecule has 1 N–H and O–H groups in total. The molecule has 0 aromatic carbocycles. The normalized spacial score (nSPS) is 12.9. The monoisotopic (exact) mass is 224 g/mol. The van der Waals surface area contributed by atoms with E-state index in [2.05, 4.69) is 35.3 Å². The Morgan fingerprint density at radius 3 is 2.88 bits per heavy atom. The molecule has 92 valence electrons. The third-order valence-corrected chi connectivity index (χ3v) is 2.84. The molecule has 1 aromatic heterocycles. The number of nitrogens with one attached hydrogen (secondary N) is 1. The van der Waals surface area contributed by atoms with E-state index < -0.39 is 0 Å². The molecule has 0 saturated heterocycles. The first-order chi connectivity index (χ1) is 7.81. The number of ether oxygens (including phenoxy) is 1. The number of hydrogen-bond donors (Lipinski definition) is 1. The van der Waals surface area contributed by atoms with E-state index in [-0.39, 0.29) is 0 Å². The average molecular weight is 224 g/mol. The fraction of sp³-hybridized carbons (Fsp3) is 0.692. The number of hydrogen-bond acceptors (Lipinski definition) is 2. The Kier molecular flexibility index (Phi) is 6.19. The molecule has 1 rings (SSSR count). The zero-order valence-corrected chi connectivity index (χ0v) is 10.7. The van der Waals surface area contributed by atoms with E-state index in [1.807, 2.05) is 14.0 Å². The number of rotatable bonds is 8. The highest BCUT2D eigenvalue weighted by Crippen LogP contribution is 2.16. The lowest BCUT2D eigenvalue weighted by Crippen LogP contribution is -2.14. The minimum Gasteiger partial charge on any atom is -0.382 e. The number of aromatic nitrogens is 1. The molecule has 0 bridgehead atoms. The van der Waals surface area contributed by atoms with Crippen molar-refractivity contribution < 1.29 is 4.74 Å². The second-order valence-electron chi connectivity index (χ2n) is 3.98. The summed E-state index contributed by atoms with van der Waals surface area (Å²) < 4.78 is 7.57. The van der Waals surface area contributed by atoms with Gasteiger partial charge in [-0.05, 0) is 38.4 Å². The van der Waals surface area contributed by atoms with Gasteiger partial charge in [0.2, 0.25) is 0 Å². The van der Waals surface area contributed by atoms with Crippen LogP contribution in [0.15, 0.2) is 18.5 Å². The molecule has 16 heavy (non-hydrogen) atoms. The highest BCUT2D eigenvalue weighted by atomic mass is 16.5. The van der Waals surface area contributed by atoms with Crippen LogP contribution in [0.1, 0.15) is 38.3 Å². The van der Waals surface area contributed by atoms with Gasteiger partial charge < -0.3 is 14.6 Å². The van der Waals surface area contributed by atoms with Gasteiger partial charge in [0, 0.05) is 38.2 Å². The van der Waals surface area contributed by atoms with Crippen LogP contribution in [0, 0.1) is 0 Å². The highest BCUT2D eigenvalue weighted by Gasteiger charge is 2.07. The predicted octanol–water partition coefficient (Wildman–Crippen LogP) is 2.59. The lowest BCUT2D eigenvalue weighted by atomic mass is 10.1. The van der Waals surface area contributed by atoms with Crippen molar-refractivity contribution in [1.29, 1.82) is 0 Å². The van der Waals surface area contributed by atoms with Gasteiger partial charge >= 0.3 is 0 Å². The van der Waals surface area contributed by atoms with Crippen LogP contribution in [0.5, 0.6) is 0 Å². The lowest BCUT2D eigenvalue weighted by molar-refractivity contribution is 0.141. The molecule has 0 amide bonds. The molecule has 0 saturated carbocycles. The van der Waals surface area contributed by atoms with Gasteiger partial charge in [-0.1, -0.05) is 6.92 Å². The summed E-state index contributed by atoms with van der Waals surface area (Å²) in [5.41, 5.74) is 1.38. The smallest absolute Gasteiger partial charge is 0.0482 e. The second-order valence-corrected chi connectivity index (χ2v) is 3.98. The fourth-order valence-electron chi connectivity index (χ4n) is 1.90. The molecule has 0 radical (unpaired) electrons. The van der Waals surface area contributed by atoms with Gasteiger partial charge in [0.25, 0.3) is 0 Å². The zero-order chi connectivity index (χ0) is 11.8. The Morgan fingerprint density at radius 1 is 1.44 bits per heavy atom. The first-order valence-corrected chi connectivity index (χ1v) is 6.22. The molecular weight excluding hydrogens is 200 g/mol. The Labute approximate surface area is 98.8 Å². The van der Waals surface area contributed by atoms with Crippen LogP contribution >= 0.6 is 0 Å². The Balaban J connectivity index is 2.38. The van der Waals surface area contributed by atoms with E-state index in [0.29, 0.717) is 6.04 Å². The molecule has 0 aliphatic carbocycles. The molecule has 3 heteroatoms. The van der Waals surface area contributed by atoms with Gasteiger partial charge in [-0.15, -0.1) is 0 Å². The third-order valence-electron chi connectivity index (χ3n) is 2.84. The summed E-state index contributed by atoms with van der Waals surface area (Å²) in [6.45, 7) is 6.95. The fourth-order valence-corrected chi connectivity index (χ4v) is 1.90. The standard InChI is InChI=1S/C13H24N2O/c1-4-13(14-3)12-7-9-15(11-12)8-6-10-16-5-2/h7,9,11,13-14H,4-6,8,10H2,1-3H3. The molecule has 0 aliphatic rings. The highest BCUT2D eigenvalue weighted by molar-refractivity contribution is 5.15. The van der Waals surface area contributed by atoms with Gasteiger partial charge in [-0.2, -0.15) is 0 Å². The zero-order valence-electron chi connectivity index (χ0n) is 10.7. The van der Waals surface area contributed by atoms with E-state index in [4.69, 9.17) is 4.74 Å². The Morgan fingerprint density at radius 2 is 2.25 bits per heavy atom. The van der Waals surface area contributed by atoms with E-state index in [1.54, 1.807) is 0 Å². The van der Waals surface area contributed by atoms with Crippen molar-refractivity contribution in [3.63, 3.8) is 0 Å². The first-order valence-electron chi connectivity index (χ1n) is 6.22. The van der Waals surface area contributed by atoms with Crippen LogP contribution < -0.4 is 5.32 Å². The van der Waals surface area contributed by atoms with Crippen LogP contribution in [0.3, 0.4) is 0 Å². The van der Waals surface area contributed by atoms with Crippen LogP contribution in [0.4, 0.5) is 0 Å². The third kappa shape index (κ3) is 3.99. The van der Waals surface area contributed by atoms with Gasteiger partial charge in [-0.25, -0.2) is 0 Å². The van der Waals surface area contributed by atoms with Crippen molar-refractivity contribution in [2.75, 3.05) is 20.3 Å². The minimum absolute atomic E-state index is 0.480. The predicted molar refractivity (Wildman–Crippen MR) is 67.6 cm³/mol. The maximum atomic E-state index is 5.33. The van der Waals surface area contributed by atoms with Crippen molar-refractivity contribution >= 4 is 0 Å². The van der Waals surface area contributed by atoms with Gasteiger partial charge in [0.15, 0.2) is 0 Å². The summed E-state index contributed by atoms with van der Waals surface area (Å²) in [4.78, 5) is 0. The molecule has 1 atom stereocenters. The minimum atomic E-state index is 0.480. The molecule has 0 fully saturated rings. The molecule has 0 aliphatic heterocycles. The van der Waals surface area contributed by atoms with E-state index >= 15 is 0 Å². The molecule has 0 spiro atoms. The van der Waals surface area contributed by atoms with Crippen LogP contribution in [-0.4, -0.2) is 24.8 Å². The van der Waals surface area contributed by atoms with Crippen LogP contribution in [0.2, 0.25) is 0 Å². The number of nitrogens with zero attached hydrogens (tertiary/aromatic N) is 1. The Hall–Kier alpha value is -0.800. The van der Waals surface area contributed by atoms with Gasteiger partial charge in [-0.3, -0.25) is 0 Å². The van der Waals surface area contributed by atoms with Gasteiger partial charge in [0.05, 0.1) is 0 Å². The SMILES string of the molecule is CCOCCCn1ccc(C(CC)NC)c1. The topological polar surface area (TPSA) is 26.2 Å². The summed E-state index contributed by atoms with van der Waals surface area (Å²) in [6.07, 6.45) is 6.59. The summed E-state index contributed by atoms with van der Waals surface area (Å²) in [6, 6.07) is 2.68.